The summed E-state index contributed by atoms with van der Waals surface area (Å²) in [6, 6.07) is 4.54. The van der Waals surface area contributed by atoms with E-state index in [0.29, 0.717) is 4.90 Å². The van der Waals surface area contributed by atoms with E-state index in [9.17, 15) is 4.39 Å². The van der Waals surface area contributed by atoms with Gasteiger partial charge >= 0.3 is 0 Å². The third-order valence-electron chi connectivity index (χ3n) is 1.18. The number of hydrogen-bond donors (Lipinski definition) is 1. The molecule has 0 fully saturated rings. The molecule has 0 saturated heterocycles. The summed E-state index contributed by atoms with van der Waals surface area (Å²) in [6.45, 7) is 0. The van der Waals surface area contributed by atoms with Crippen molar-refractivity contribution in [3.63, 3.8) is 0 Å². The predicted molar refractivity (Wildman–Crippen MR) is 46.1 cm³/mol. The van der Waals surface area contributed by atoms with E-state index in [1.807, 2.05) is 6.07 Å². The van der Waals surface area contributed by atoms with Gasteiger partial charge in [-0.2, -0.15) is 5.26 Å². The zero-order chi connectivity index (χ0) is 8.43. The molecule has 0 radical (unpaired) electrons. The van der Waals surface area contributed by atoms with Crippen LogP contribution in [0.5, 0.6) is 0 Å². The maximum atomic E-state index is 12.7. The van der Waals surface area contributed by atoms with Crippen LogP contribution in [-0.4, -0.2) is 0 Å². The van der Waals surface area contributed by atoms with Crippen molar-refractivity contribution >= 4 is 28.6 Å². The Morgan fingerprint density at radius 3 is 2.64 bits per heavy atom. The van der Waals surface area contributed by atoms with E-state index < -0.39 is 5.82 Å². The lowest BCUT2D eigenvalue weighted by Crippen LogP contribution is -1.84. The normalized spacial score (nSPS) is 9.27. The van der Waals surface area contributed by atoms with E-state index in [2.05, 4.69) is 28.6 Å². The highest BCUT2D eigenvalue weighted by atomic mass is 79.9. The summed E-state index contributed by atoms with van der Waals surface area (Å²) < 4.78 is 12.9. The van der Waals surface area contributed by atoms with E-state index >= 15 is 0 Å². The Morgan fingerprint density at radius 2 is 2.18 bits per heavy atom. The second-order valence-corrected chi connectivity index (χ2v) is 3.14. The van der Waals surface area contributed by atoms with Crippen LogP contribution < -0.4 is 0 Å². The van der Waals surface area contributed by atoms with Crippen molar-refractivity contribution in [2.45, 2.75) is 4.90 Å². The first kappa shape index (κ1) is 8.57. The number of benzene rings is 1. The molecule has 4 heteroatoms. The molecule has 11 heavy (non-hydrogen) atoms. The van der Waals surface area contributed by atoms with Crippen molar-refractivity contribution in [3.8, 4) is 6.07 Å². The Bertz CT molecular complexity index is 332. The van der Waals surface area contributed by atoms with Gasteiger partial charge in [0.2, 0.25) is 0 Å². The molecule has 0 aliphatic heterocycles. The maximum absolute atomic E-state index is 12.7. The number of rotatable bonds is 0. The van der Waals surface area contributed by atoms with Crippen LogP contribution in [0.1, 0.15) is 5.56 Å². The molecule has 0 bridgehead atoms. The van der Waals surface area contributed by atoms with Gasteiger partial charge in [-0.05, 0) is 28.1 Å². The Labute approximate surface area is 77.4 Å². The lowest BCUT2D eigenvalue weighted by Gasteiger charge is -1.98. The first-order valence-electron chi connectivity index (χ1n) is 2.74. The molecule has 1 rings (SSSR count). The summed E-state index contributed by atoms with van der Waals surface area (Å²) in [5.74, 6) is -0.445. The average Bonchev–Trinajstić information content (AvgIpc) is 1.99. The third-order valence-corrected chi connectivity index (χ3v) is 2.33. The zero-order valence-electron chi connectivity index (χ0n) is 5.31. The van der Waals surface area contributed by atoms with Gasteiger partial charge in [0, 0.05) is 4.90 Å². The van der Waals surface area contributed by atoms with E-state index in [-0.39, 0.29) is 10.0 Å². The van der Waals surface area contributed by atoms with Crippen LogP contribution in [-0.2, 0) is 0 Å². The van der Waals surface area contributed by atoms with Gasteiger partial charge in [-0.1, -0.05) is 0 Å². The summed E-state index contributed by atoms with van der Waals surface area (Å²) in [5, 5.41) is 8.53. The van der Waals surface area contributed by atoms with E-state index in [1.165, 1.54) is 12.1 Å². The molecule has 0 aliphatic rings. The lowest BCUT2D eigenvalue weighted by molar-refractivity contribution is 0.619. The molecule has 0 aromatic heterocycles. The van der Waals surface area contributed by atoms with Gasteiger partial charge in [-0.25, -0.2) is 4.39 Å². The minimum atomic E-state index is -0.445. The van der Waals surface area contributed by atoms with Crippen molar-refractivity contribution in [1.82, 2.24) is 0 Å². The van der Waals surface area contributed by atoms with Crippen LogP contribution in [0.2, 0.25) is 0 Å². The molecular formula is C7H3BrFNS. The Hall–Kier alpha value is -0.530. The third kappa shape index (κ3) is 1.55. The SMILES string of the molecule is N#Cc1c(S)ccc(F)c1Br. The molecule has 0 spiro atoms. The average molecular weight is 232 g/mol. The monoisotopic (exact) mass is 231 g/mol. The summed E-state index contributed by atoms with van der Waals surface area (Å²) in [4.78, 5) is 0.473. The van der Waals surface area contributed by atoms with E-state index in [1.54, 1.807) is 0 Å². The molecule has 0 atom stereocenters. The maximum Gasteiger partial charge on any atom is 0.138 e. The van der Waals surface area contributed by atoms with E-state index in [4.69, 9.17) is 5.26 Å². The van der Waals surface area contributed by atoms with Crippen molar-refractivity contribution in [2.75, 3.05) is 0 Å². The highest BCUT2D eigenvalue weighted by Crippen LogP contribution is 2.25. The topological polar surface area (TPSA) is 23.8 Å². The van der Waals surface area contributed by atoms with E-state index in [0.717, 1.165) is 0 Å². The summed E-state index contributed by atoms with van der Waals surface area (Å²) >= 11 is 6.92. The smallest absolute Gasteiger partial charge is 0.138 e. The Morgan fingerprint density at radius 1 is 1.55 bits per heavy atom. The number of hydrogen-bond acceptors (Lipinski definition) is 2. The standard InChI is InChI=1S/C7H3BrFNS/c8-7-4(3-10)6(11)2-1-5(7)9/h1-2,11H. The summed E-state index contributed by atoms with van der Waals surface area (Å²) in [7, 11) is 0. The molecule has 0 saturated carbocycles. The van der Waals surface area contributed by atoms with Crippen molar-refractivity contribution in [3.05, 3.63) is 28.0 Å². The second kappa shape index (κ2) is 3.24. The van der Waals surface area contributed by atoms with Gasteiger partial charge in [0.05, 0.1) is 10.0 Å². The molecule has 0 unspecified atom stereocenters. The quantitative estimate of drug-likeness (QED) is 0.683. The van der Waals surface area contributed by atoms with Crippen LogP contribution in [0.15, 0.2) is 21.5 Å². The number of nitrogens with zero attached hydrogens (tertiary/aromatic N) is 1. The molecule has 0 heterocycles. The minimum absolute atomic E-state index is 0.174. The van der Waals surface area contributed by atoms with Crippen molar-refractivity contribution in [1.29, 1.82) is 5.26 Å². The molecule has 56 valence electrons. The predicted octanol–water partition coefficient (Wildman–Crippen LogP) is 2.75. The van der Waals surface area contributed by atoms with Gasteiger partial charge in [0.25, 0.3) is 0 Å². The first-order chi connectivity index (χ1) is 5.16. The first-order valence-corrected chi connectivity index (χ1v) is 3.98. The molecular weight excluding hydrogens is 229 g/mol. The van der Waals surface area contributed by atoms with Crippen LogP contribution >= 0.6 is 28.6 Å². The molecule has 0 aliphatic carbocycles. The largest absolute Gasteiger partial charge is 0.206 e. The Balaban J connectivity index is 3.44. The van der Waals surface area contributed by atoms with Gasteiger partial charge in [-0.3, -0.25) is 0 Å². The van der Waals surface area contributed by atoms with Gasteiger partial charge in [0.15, 0.2) is 0 Å². The van der Waals surface area contributed by atoms with Gasteiger partial charge in [0.1, 0.15) is 11.9 Å². The van der Waals surface area contributed by atoms with Gasteiger partial charge in [-0.15, -0.1) is 12.6 Å². The highest BCUT2D eigenvalue weighted by Gasteiger charge is 2.07. The van der Waals surface area contributed by atoms with Crippen LogP contribution in [0.4, 0.5) is 4.39 Å². The lowest BCUT2D eigenvalue weighted by atomic mass is 10.2. The molecule has 1 aromatic carbocycles. The number of halogens is 2. The van der Waals surface area contributed by atoms with Gasteiger partial charge < -0.3 is 0 Å². The van der Waals surface area contributed by atoms with Crippen molar-refractivity contribution in [2.24, 2.45) is 0 Å². The second-order valence-electron chi connectivity index (χ2n) is 1.87. The fraction of sp³-hybridized carbons (Fsp3) is 0. The fourth-order valence-corrected chi connectivity index (χ4v) is 1.47. The van der Waals surface area contributed by atoms with Crippen LogP contribution in [0, 0.1) is 17.1 Å². The summed E-state index contributed by atoms with van der Waals surface area (Å²) in [5.41, 5.74) is 0.230. The zero-order valence-corrected chi connectivity index (χ0v) is 7.79. The molecule has 0 amide bonds. The minimum Gasteiger partial charge on any atom is -0.206 e. The highest BCUT2D eigenvalue weighted by molar-refractivity contribution is 9.10. The molecule has 0 N–H and O–H groups in total. The fourth-order valence-electron chi connectivity index (χ4n) is 0.647. The molecule has 1 aromatic rings. The molecule has 1 nitrogen and oxygen atoms in total. The number of thiol groups is 1. The Kier molecular flexibility index (Phi) is 2.53. The van der Waals surface area contributed by atoms with Crippen LogP contribution in [0.25, 0.3) is 0 Å². The number of nitriles is 1. The summed E-state index contributed by atoms with van der Waals surface area (Å²) in [6.07, 6.45) is 0. The van der Waals surface area contributed by atoms with Crippen LogP contribution in [0.3, 0.4) is 0 Å². The van der Waals surface area contributed by atoms with Crippen molar-refractivity contribution < 1.29 is 4.39 Å².